The number of halogens is 1. The second-order valence-corrected chi connectivity index (χ2v) is 6.90. The summed E-state index contributed by atoms with van der Waals surface area (Å²) in [4.78, 5) is 30.5. The van der Waals surface area contributed by atoms with Gasteiger partial charge in [0.25, 0.3) is 5.91 Å². The first kappa shape index (κ1) is 20.3. The molecular formula is C21H21FN4O3. The summed E-state index contributed by atoms with van der Waals surface area (Å²) in [6, 6.07) is 9.90. The number of aromatic nitrogens is 1. The number of carbonyl (C=O) groups excluding carboxylic acids is 2. The van der Waals surface area contributed by atoms with Gasteiger partial charge in [0.1, 0.15) is 17.7 Å². The van der Waals surface area contributed by atoms with Gasteiger partial charge >= 0.3 is 5.97 Å². The number of carbonyl (C=O) groups is 2. The first-order valence-corrected chi connectivity index (χ1v) is 9.30. The van der Waals surface area contributed by atoms with E-state index in [2.05, 4.69) is 10.3 Å². The lowest BCUT2D eigenvalue weighted by atomic mass is 9.97. The van der Waals surface area contributed by atoms with Crippen LogP contribution in [0.2, 0.25) is 0 Å². The number of esters is 1. The Hall–Kier alpha value is -3.47. The summed E-state index contributed by atoms with van der Waals surface area (Å²) < 4.78 is 18.6. The zero-order chi connectivity index (χ0) is 20.8. The number of aryl methyl sites for hydroxylation is 1. The molecule has 29 heavy (non-hydrogen) atoms. The summed E-state index contributed by atoms with van der Waals surface area (Å²) in [5.74, 6) is -0.860. The number of piperidine rings is 1. The molecule has 0 spiro atoms. The maximum atomic E-state index is 13.5. The number of anilines is 2. The molecular weight excluding hydrogens is 375 g/mol. The van der Waals surface area contributed by atoms with Gasteiger partial charge in [-0.25, -0.2) is 9.37 Å². The number of hydrogen-bond donors (Lipinski definition) is 1. The molecule has 7 nitrogen and oxygen atoms in total. The highest BCUT2D eigenvalue weighted by Crippen LogP contribution is 2.23. The van der Waals surface area contributed by atoms with Crippen molar-refractivity contribution in [3.05, 3.63) is 53.5 Å². The molecule has 1 aliphatic rings. The minimum atomic E-state index is -0.513. The Kier molecular flexibility index (Phi) is 6.39. The number of rotatable bonds is 5. The Bertz CT molecular complexity index is 932. The monoisotopic (exact) mass is 396 g/mol. The molecule has 150 valence electrons. The Morgan fingerprint density at radius 1 is 1.31 bits per heavy atom. The molecule has 2 aromatic rings. The Morgan fingerprint density at radius 2 is 2.07 bits per heavy atom. The van der Waals surface area contributed by atoms with Crippen molar-refractivity contribution in [3.63, 3.8) is 0 Å². The van der Waals surface area contributed by atoms with Gasteiger partial charge in [-0.05, 0) is 49.6 Å². The maximum absolute atomic E-state index is 13.5. The van der Waals surface area contributed by atoms with E-state index in [1.807, 2.05) is 11.0 Å². The van der Waals surface area contributed by atoms with Gasteiger partial charge in [-0.2, -0.15) is 5.26 Å². The van der Waals surface area contributed by atoms with Crippen LogP contribution in [0.4, 0.5) is 15.9 Å². The standard InChI is InChI=1S/C21H21FN4O3/c1-14-2-4-17(10-18(14)22)25-20(27)13-29-21(28)16-6-8-26(9-7-16)19-5-3-15(11-23)12-24-19/h2-5,10,12,16H,6-9,13H2,1H3,(H,25,27). The predicted molar refractivity (Wildman–Crippen MR) is 105 cm³/mol. The molecule has 1 N–H and O–H groups in total. The van der Waals surface area contributed by atoms with Gasteiger partial charge in [0.2, 0.25) is 0 Å². The lowest BCUT2D eigenvalue weighted by Crippen LogP contribution is -2.38. The minimum Gasteiger partial charge on any atom is -0.455 e. The molecule has 1 saturated heterocycles. The molecule has 2 heterocycles. The summed E-state index contributed by atoms with van der Waals surface area (Å²) in [5.41, 5.74) is 1.30. The molecule has 1 amide bonds. The van der Waals surface area contributed by atoms with Crippen LogP contribution in [0.25, 0.3) is 0 Å². The van der Waals surface area contributed by atoms with Gasteiger partial charge in [0.15, 0.2) is 6.61 Å². The molecule has 1 fully saturated rings. The fourth-order valence-corrected chi connectivity index (χ4v) is 3.11. The van der Waals surface area contributed by atoms with Crippen molar-refractivity contribution in [2.45, 2.75) is 19.8 Å². The first-order chi connectivity index (χ1) is 14.0. The molecule has 0 radical (unpaired) electrons. The molecule has 0 atom stereocenters. The van der Waals surface area contributed by atoms with Crippen molar-refractivity contribution >= 4 is 23.4 Å². The lowest BCUT2D eigenvalue weighted by Gasteiger charge is -2.31. The third-order valence-electron chi connectivity index (χ3n) is 4.83. The zero-order valence-corrected chi connectivity index (χ0v) is 16.0. The zero-order valence-electron chi connectivity index (χ0n) is 16.0. The largest absolute Gasteiger partial charge is 0.455 e. The Balaban J connectivity index is 1.43. The van der Waals surface area contributed by atoms with Crippen LogP contribution >= 0.6 is 0 Å². The van der Waals surface area contributed by atoms with Crippen molar-refractivity contribution in [3.8, 4) is 6.07 Å². The molecule has 1 aliphatic heterocycles. The number of nitrogens with one attached hydrogen (secondary N) is 1. The molecule has 8 heteroatoms. The molecule has 0 saturated carbocycles. The van der Waals surface area contributed by atoms with Crippen LogP contribution in [0, 0.1) is 30.0 Å². The SMILES string of the molecule is Cc1ccc(NC(=O)COC(=O)C2CCN(c3ccc(C#N)cn3)CC2)cc1F. The highest BCUT2D eigenvalue weighted by molar-refractivity contribution is 5.92. The van der Waals surface area contributed by atoms with Crippen molar-refractivity contribution in [1.29, 1.82) is 5.26 Å². The highest BCUT2D eigenvalue weighted by Gasteiger charge is 2.27. The van der Waals surface area contributed by atoms with E-state index < -0.39 is 24.3 Å². The van der Waals surface area contributed by atoms with E-state index in [4.69, 9.17) is 10.00 Å². The number of ether oxygens (including phenoxy) is 1. The number of nitrogens with zero attached hydrogens (tertiary/aromatic N) is 3. The van der Waals surface area contributed by atoms with Crippen molar-refractivity contribution in [2.24, 2.45) is 5.92 Å². The molecule has 3 rings (SSSR count). The third kappa shape index (κ3) is 5.29. The first-order valence-electron chi connectivity index (χ1n) is 9.30. The minimum absolute atomic E-state index is 0.283. The Labute approximate surface area is 168 Å². The molecule has 0 unspecified atom stereocenters. The summed E-state index contributed by atoms with van der Waals surface area (Å²) >= 11 is 0. The van der Waals surface area contributed by atoms with E-state index >= 15 is 0 Å². The van der Waals surface area contributed by atoms with Gasteiger partial charge in [0, 0.05) is 25.0 Å². The number of amides is 1. The number of nitriles is 1. The molecule has 0 bridgehead atoms. The molecule has 0 aliphatic carbocycles. The molecule has 1 aromatic carbocycles. The van der Waals surface area contributed by atoms with Gasteiger partial charge in [-0.15, -0.1) is 0 Å². The van der Waals surface area contributed by atoms with Crippen molar-refractivity contribution in [1.82, 2.24) is 4.98 Å². The maximum Gasteiger partial charge on any atom is 0.309 e. The van der Waals surface area contributed by atoms with Crippen LogP contribution in [-0.4, -0.2) is 36.6 Å². The Morgan fingerprint density at radius 3 is 2.69 bits per heavy atom. The summed E-state index contributed by atoms with van der Waals surface area (Å²) in [7, 11) is 0. The molecule has 1 aromatic heterocycles. The fraction of sp³-hybridized carbons (Fsp3) is 0.333. The average Bonchev–Trinajstić information content (AvgIpc) is 2.75. The fourth-order valence-electron chi connectivity index (χ4n) is 3.11. The predicted octanol–water partition coefficient (Wildman–Crippen LogP) is 2.80. The van der Waals surface area contributed by atoms with Gasteiger partial charge in [0.05, 0.1) is 11.5 Å². The highest BCUT2D eigenvalue weighted by atomic mass is 19.1. The van der Waals surface area contributed by atoms with Crippen molar-refractivity contribution in [2.75, 3.05) is 29.9 Å². The van der Waals surface area contributed by atoms with Crippen LogP contribution in [0.15, 0.2) is 36.5 Å². The summed E-state index contributed by atoms with van der Waals surface area (Å²) in [5, 5.41) is 11.3. The summed E-state index contributed by atoms with van der Waals surface area (Å²) in [6.45, 7) is 2.48. The van der Waals surface area contributed by atoms with Gasteiger partial charge in [-0.1, -0.05) is 6.07 Å². The normalized spacial score (nSPS) is 14.2. The van der Waals surface area contributed by atoms with E-state index in [9.17, 15) is 14.0 Å². The van der Waals surface area contributed by atoms with E-state index in [-0.39, 0.29) is 5.92 Å². The van der Waals surface area contributed by atoms with Gasteiger partial charge < -0.3 is 15.0 Å². The van der Waals surface area contributed by atoms with E-state index in [0.29, 0.717) is 42.7 Å². The van der Waals surface area contributed by atoms with Gasteiger partial charge in [-0.3, -0.25) is 9.59 Å². The summed E-state index contributed by atoms with van der Waals surface area (Å²) in [6.07, 6.45) is 2.70. The van der Waals surface area contributed by atoms with E-state index in [1.165, 1.54) is 12.3 Å². The number of benzene rings is 1. The van der Waals surface area contributed by atoms with Crippen molar-refractivity contribution < 1.29 is 18.7 Å². The smallest absolute Gasteiger partial charge is 0.309 e. The number of pyridine rings is 1. The van der Waals surface area contributed by atoms with Crippen LogP contribution < -0.4 is 10.2 Å². The van der Waals surface area contributed by atoms with Crippen LogP contribution in [0.5, 0.6) is 0 Å². The van der Waals surface area contributed by atoms with E-state index in [1.54, 1.807) is 31.2 Å². The third-order valence-corrected chi connectivity index (χ3v) is 4.83. The van der Waals surface area contributed by atoms with Crippen LogP contribution in [-0.2, 0) is 14.3 Å². The van der Waals surface area contributed by atoms with E-state index in [0.717, 1.165) is 5.82 Å². The van der Waals surface area contributed by atoms with Crippen LogP contribution in [0.1, 0.15) is 24.0 Å². The van der Waals surface area contributed by atoms with Crippen LogP contribution in [0.3, 0.4) is 0 Å². The average molecular weight is 396 g/mol. The second-order valence-electron chi connectivity index (χ2n) is 6.90. The number of hydrogen-bond acceptors (Lipinski definition) is 6. The second kappa shape index (κ2) is 9.15. The quantitative estimate of drug-likeness (QED) is 0.781. The topological polar surface area (TPSA) is 95.3 Å². The lowest BCUT2D eigenvalue weighted by molar-refractivity contribution is -0.152.